The van der Waals surface area contributed by atoms with Gasteiger partial charge in [0.2, 0.25) is 5.91 Å². The minimum atomic E-state index is -0.652. The maximum atomic E-state index is 14.2. The van der Waals surface area contributed by atoms with Crippen molar-refractivity contribution in [2.24, 2.45) is 7.05 Å². The van der Waals surface area contributed by atoms with Crippen molar-refractivity contribution in [1.29, 1.82) is 0 Å². The molecule has 132 valence electrons. The zero-order chi connectivity index (χ0) is 17.6. The predicted molar refractivity (Wildman–Crippen MR) is 89.9 cm³/mol. The van der Waals surface area contributed by atoms with Crippen LogP contribution in [-0.4, -0.2) is 39.2 Å². The van der Waals surface area contributed by atoms with E-state index in [2.05, 4.69) is 10.4 Å². The van der Waals surface area contributed by atoms with Gasteiger partial charge in [-0.15, -0.1) is 0 Å². The van der Waals surface area contributed by atoms with Gasteiger partial charge < -0.3 is 10.2 Å². The van der Waals surface area contributed by atoms with Crippen molar-refractivity contribution in [3.05, 3.63) is 36.0 Å². The lowest BCUT2D eigenvalue weighted by molar-refractivity contribution is -0.131. The molecular formula is C18H20F2N4O. The monoisotopic (exact) mass is 346 g/mol. The molecule has 1 N–H and O–H groups in total. The SMILES string of the molecule is Cn1ncc(NC2CCN(C3CCC3)C2=O)c1-c1ccc(F)cc1F. The third kappa shape index (κ3) is 2.77. The number of aryl methyl sites for hydroxylation is 1. The first-order chi connectivity index (χ1) is 12.0. The van der Waals surface area contributed by atoms with Crippen molar-refractivity contribution in [1.82, 2.24) is 14.7 Å². The van der Waals surface area contributed by atoms with Crippen LogP contribution in [-0.2, 0) is 11.8 Å². The van der Waals surface area contributed by atoms with Crippen LogP contribution in [0.4, 0.5) is 14.5 Å². The molecular weight excluding hydrogens is 326 g/mol. The molecule has 1 saturated heterocycles. The van der Waals surface area contributed by atoms with Crippen LogP contribution in [0.1, 0.15) is 25.7 Å². The molecule has 0 radical (unpaired) electrons. The normalized spacial score (nSPS) is 20.8. The summed E-state index contributed by atoms with van der Waals surface area (Å²) in [4.78, 5) is 14.6. The van der Waals surface area contributed by atoms with Crippen molar-refractivity contribution in [3.8, 4) is 11.3 Å². The molecule has 1 amide bonds. The number of nitrogens with zero attached hydrogens (tertiary/aromatic N) is 3. The summed E-state index contributed by atoms with van der Waals surface area (Å²) in [5.41, 5.74) is 1.35. The maximum absolute atomic E-state index is 14.2. The van der Waals surface area contributed by atoms with Crippen LogP contribution < -0.4 is 5.32 Å². The van der Waals surface area contributed by atoms with Crippen molar-refractivity contribution < 1.29 is 13.6 Å². The van der Waals surface area contributed by atoms with Crippen LogP contribution in [0.15, 0.2) is 24.4 Å². The molecule has 2 aromatic rings. The quantitative estimate of drug-likeness (QED) is 0.926. The van der Waals surface area contributed by atoms with E-state index in [1.54, 1.807) is 13.2 Å². The molecule has 2 fully saturated rings. The molecule has 7 heteroatoms. The van der Waals surface area contributed by atoms with Gasteiger partial charge in [-0.1, -0.05) is 0 Å². The number of rotatable bonds is 4. The number of hydrogen-bond acceptors (Lipinski definition) is 3. The first-order valence-corrected chi connectivity index (χ1v) is 8.59. The van der Waals surface area contributed by atoms with Crippen LogP contribution in [0.5, 0.6) is 0 Å². The molecule has 1 aliphatic carbocycles. The molecule has 25 heavy (non-hydrogen) atoms. The Bertz CT molecular complexity index is 815. The van der Waals surface area contributed by atoms with Crippen LogP contribution in [0, 0.1) is 11.6 Å². The van der Waals surface area contributed by atoms with E-state index < -0.39 is 11.6 Å². The number of hydrogen-bond donors (Lipinski definition) is 1. The second-order valence-electron chi connectivity index (χ2n) is 6.76. The van der Waals surface area contributed by atoms with Gasteiger partial charge in [-0.3, -0.25) is 9.48 Å². The largest absolute Gasteiger partial charge is 0.371 e. The van der Waals surface area contributed by atoms with Gasteiger partial charge in [0.1, 0.15) is 17.7 Å². The van der Waals surface area contributed by atoms with E-state index in [0.29, 0.717) is 17.4 Å². The predicted octanol–water partition coefficient (Wildman–Crippen LogP) is 2.93. The molecule has 1 aromatic carbocycles. The summed E-state index contributed by atoms with van der Waals surface area (Å²) < 4.78 is 28.9. The number of aromatic nitrogens is 2. The molecule has 2 aliphatic rings. The first kappa shape index (κ1) is 16.1. The maximum Gasteiger partial charge on any atom is 0.245 e. The molecule has 4 rings (SSSR count). The lowest BCUT2D eigenvalue weighted by atomic mass is 9.92. The highest BCUT2D eigenvalue weighted by molar-refractivity contribution is 5.88. The highest BCUT2D eigenvalue weighted by atomic mass is 19.1. The number of nitrogens with one attached hydrogen (secondary N) is 1. The number of likely N-dealkylation sites (tertiary alicyclic amines) is 1. The van der Waals surface area contributed by atoms with E-state index in [9.17, 15) is 13.6 Å². The van der Waals surface area contributed by atoms with Crippen LogP contribution >= 0.6 is 0 Å². The smallest absolute Gasteiger partial charge is 0.245 e. The van der Waals surface area contributed by atoms with Gasteiger partial charge in [0.25, 0.3) is 0 Å². The molecule has 1 saturated carbocycles. The molecule has 5 nitrogen and oxygen atoms in total. The van der Waals surface area contributed by atoms with Crippen molar-refractivity contribution >= 4 is 11.6 Å². The Morgan fingerprint density at radius 2 is 2.04 bits per heavy atom. The minimum absolute atomic E-state index is 0.0964. The van der Waals surface area contributed by atoms with Crippen LogP contribution in [0.3, 0.4) is 0 Å². The van der Waals surface area contributed by atoms with Crippen LogP contribution in [0.25, 0.3) is 11.3 Å². The zero-order valence-electron chi connectivity index (χ0n) is 14.0. The number of halogens is 2. The highest BCUT2D eigenvalue weighted by Gasteiger charge is 2.38. The minimum Gasteiger partial charge on any atom is -0.371 e. The summed E-state index contributed by atoms with van der Waals surface area (Å²) in [6, 6.07) is 3.51. The summed E-state index contributed by atoms with van der Waals surface area (Å²) in [6.45, 7) is 0.752. The second kappa shape index (κ2) is 6.13. The Balaban J connectivity index is 1.59. The van der Waals surface area contributed by atoms with Gasteiger partial charge >= 0.3 is 0 Å². The van der Waals surface area contributed by atoms with Gasteiger partial charge in [-0.25, -0.2) is 8.78 Å². The van der Waals surface area contributed by atoms with E-state index in [1.807, 2.05) is 4.90 Å². The average Bonchev–Trinajstić information content (AvgIpc) is 3.04. The second-order valence-corrected chi connectivity index (χ2v) is 6.76. The topological polar surface area (TPSA) is 50.2 Å². The van der Waals surface area contributed by atoms with E-state index in [4.69, 9.17) is 0 Å². The standard InChI is InChI=1S/C18H20F2N4O/c1-23-17(13-6-5-11(19)9-14(13)20)16(10-21-23)22-15-7-8-24(18(15)25)12-3-2-4-12/h5-6,9-10,12,15,22H,2-4,7-8H2,1H3. The zero-order valence-corrected chi connectivity index (χ0v) is 14.0. The Morgan fingerprint density at radius 3 is 2.72 bits per heavy atom. The number of anilines is 1. The summed E-state index contributed by atoms with van der Waals surface area (Å²) in [5, 5.41) is 7.39. The molecule has 2 heterocycles. The third-order valence-corrected chi connectivity index (χ3v) is 5.21. The number of benzene rings is 1. The van der Waals surface area contributed by atoms with Crippen LogP contribution in [0.2, 0.25) is 0 Å². The Morgan fingerprint density at radius 1 is 1.24 bits per heavy atom. The molecule has 1 unspecified atom stereocenters. The van der Waals surface area contributed by atoms with Crippen molar-refractivity contribution in [3.63, 3.8) is 0 Å². The van der Waals surface area contributed by atoms with Crippen molar-refractivity contribution in [2.45, 2.75) is 37.8 Å². The number of carbonyl (C=O) groups excluding carboxylic acids is 1. The molecule has 0 bridgehead atoms. The summed E-state index contributed by atoms with van der Waals surface area (Å²) in [7, 11) is 1.69. The molecule has 1 atom stereocenters. The van der Waals surface area contributed by atoms with E-state index in [-0.39, 0.29) is 17.5 Å². The van der Waals surface area contributed by atoms with E-state index in [0.717, 1.165) is 31.9 Å². The number of amides is 1. The summed E-state index contributed by atoms with van der Waals surface area (Å²) in [6.07, 6.45) is 5.64. The molecule has 1 aliphatic heterocycles. The van der Waals surface area contributed by atoms with Crippen molar-refractivity contribution in [2.75, 3.05) is 11.9 Å². The first-order valence-electron chi connectivity index (χ1n) is 8.59. The summed E-state index contributed by atoms with van der Waals surface area (Å²) >= 11 is 0. The molecule has 1 aromatic heterocycles. The number of carbonyl (C=O) groups is 1. The fourth-order valence-corrected chi connectivity index (χ4v) is 3.63. The van der Waals surface area contributed by atoms with E-state index in [1.165, 1.54) is 23.2 Å². The fraction of sp³-hybridized carbons (Fsp3) is 0.444. The van der Waals surface area contributed by atoms with Gasteiger partial charge in [-0.2, -0.15) is 5.10 Å². The van der Waals surface area contributed by atoms with Gasteiger partial charge in [-0.05, 0) is 37.8 Å². The van der Waals surface area contributed by atoms with Gasteiger partial charge in [0, 0.05) is 31.3 Å². The lowest BCUT2D eigenvalue weighted by Gasteiger charge is -2.34. The lowest BCUT2D eigenvalue weighted by Crippen LogP contribution is -2.43. The van der Waals surface area contributed by atoms with E-state index >= 15 is 0 Å². The molecule has 0 spiro atoms. The Labute approximate surface area is 144 Å². The Kier molecular flexibility index (Phi) is 3.94. The third-order valence-electron chi connectivity index (χ3n) is 5.21. The fourth-order valence-electron chi connectivity index (χ4n) is 3.63. The summed E-state index contributed by atoms with van der Waals surface area (Å²) in [5.74, 6) is -1.18. The van der Waals surface area contributed by atoms with Gasteiger partial charge in [0.05, 0.1) is 17.6 Å². The highest BCUT2D eigenvalue weighted by Crippen LogP contribution is 2.33. The Hall–Kier alpha value is -2.44. The average molecular weight is 346 g/mol. The van der Waals surface area contributed by atoms with Gasteiger partial charge in [0.15, 0.2) is 0 Å².